The number of carbonyl (C=O) groups is 1. The van der Waals surface area contributed by atoms with Crippen LogP contribution in [-0.2, 0) is 6.61 Å². The van der Waals surface area contributed by atoms with Crippen LogP contribution in [0.25, 0.3) is 0 Å². The van der Waals surface area contributed by atoms with Gasteiger partial charge in [0.1, 0.15) is 18.6 Å². The molecule has 0 spiro atoms. The lowest BCUT2D eigenvalue weighted by Crippen LogP contribution is -2.17. The van der Waals surface area contributed by atoms with E-state index >= 15 is 0 Å². The molecule has 23 heavy (non-hydrogen) atoms. The Balaban J connectivity index is 2.02. The van der Waals surface area contributed by atoms with E-state index in [9.17, 15) is 18.0 Å². The summed E-state index contributed by atoms with van der Waals surface area (Å²) in [6.45, 7) is 0.128. The Bertz CT molecular complexity index is 666. The first-order valence-corrected chi connectivity index (χ1v) is 6.52. The van der Waals surface area contributed by atoms with Crippen LogP contribution in [0, 0.1) is 0 Å². The number of methoxy groups -OCH3 is 1. The molecule has 0 aliphatic heterocycles. The maximum Gasteiger partial charge on any atom is 0.573 e. The Morgan fingerprint density at radius 2 is 1.74 bits per heavy atom. The number of ether oxygens (including phenoxy) is 3. The molecule has 2 aromatic rings. The van der Waals surface area contributed by atoms with E-state index in [0.29, 0.717) is 28.9 Å². The number of carbonyl (C=O) groups excluding carboxylic acids is 1. The van der Waals surface area contributed by atoms with Crippen molar-refractivity contribution in [3.05, 3.63) is 53.6 Å². The highest BCUT2D eigenvalue weighted by molar-refractivity contribution is 5.76. The first-order valence-electron chi connectivity index (χ1n) is 6.52. The third-order valence-corrected chi connectivity index (χ3v) is 2.88. The first kappa shape index (κ1) is 16.7. The quantitative estimate of drug-likeness (QED) is 0.753. The smallest absolute Gasteiger partial charge is 0.493 e. The summed E-state index contributed by atoms with van der Waals surface area (Å²) in [6.07, 6.45) is -4.03. The summed E-state index contributed by atoms with van der Waals surface area (Å²) in [7, 11) is 1.44. The minimum Gasteiger partial charge on any atom is -0.493 e. The van der Waals surface area contributed by atoms with Gasteiger partial charge >= 0.3 is 6.36 Å². The second-order valence-electron chi connectivity index (χ2n) is 4.51. The van der Waals surface area contributed by atoms with E-state index in [1.54, 1.807) is 12.1 Å². The molecule has 0 aliphatic rings. The number of alkyl halides is 3. The molecule has 2 aromatic carbocycles. The lowest BCUT2D eigenvalue weighted by atomic mass is 10.2. The number of hydrogen-bond donors (Lipinski definition) is 0. The van der Waals surface area contributed by atoms with Crippen LogP contribution < -0.4 is 14.2 Å². The summed E-state index contributed by atoms with van der Waals surface area (Å²) >= 11 is 0. The lowest BCUT2D eigenvalue weighted by molar-refractivity contribution is -0.274. The average molecular weight is 326 g/mol. The Morgan fingerprint density at radius 1 is 1.04 bits per heavy atom. The van der Waals surface area contributed by atoms with Gasteiger partial charge in [-0.2, -0.15) is 0 Å². The molecule has 0 N–H and O–H groups in total. The molecule has 0 aromatic heterocycles. The van der Waals surface area contributed by atoms with Crippen molar-refractivity contribution in [2.45, 2.75) is 13.0 Å². The Morgan fingerprint density at radius 3 is 2.30 bits per heavy atom. The van der Waals surface area contributed by atoms with Crippen molar-refractivity contribution < 1.29 is 32.2 Å². The molecular weight excluding hydrogens is 313 g/mol. The van der Waals surface area contributed by atoms with Crippen molar-refractivity contribution in [1.82, 2.24) is 0 Å². The van der Waals surface area contributed by atoms with Crippen LogP contribution in [0.5, 0.6) is 17.2 Å². The van der Waals surface area contributed by atoms with Crippen LogP contribution in [0.3, 0.4) is 0 Å². The molecule has 0 heterocycles. The van der Waals surface area contributed by atoms with Crippen LogP contribution in [0.1, 0.15) is 15.9 Å². The van der Waals surface area contributed by atoms with Gasteiger partial charge in [0.25, 0.3) is 0 Å². The largest absolute Gasteiger partial charge is 0.573 e. The second-order valence-corrected chi connectivity index (χ2v) is 4.51. The van der Waals surface area contributed by atoms with E-state index in [-0.39, 0.29) is 12.4 Å². The number of hydrogen-bond acceptors (Lipinski definition) is 4. The molecule has 0 amide bonds. The maximum absolute atomic E-state index is 12.1. The van der Waals surface area contributed by atoms with Crippen LogP contribution >= 0.6 is 0 Å². The summed E-state index contributed by atoms with van der Waals surface area (Å²) < 4.78 is 50.7. The molecule has 122 valence electrons. The number of rotatable bonds is 6. The van der Waals surface area contributed by atoms with Crippen LogP contribution in [-0.4, -0.2) is 19.8 Å². The van der Waals surface area contributed by atoms with Crippen LogP contribution in [0.2, 0.25) is 0 Å². The van der Waals surface area contributed by atoms with E-state index in [4.69, 9.17) is 9.47 Å². The highest BCUT2D eigenvalue weighted by atomic mass is 19.4. The topological polar surface area (TPSA) is 44.8 Å². The van der Waals surface area contributed by atoms with E-state index in [1.165, 1.54) is 37.4 Å². The minimum absolute atomic E-state index is 0.128. The van der Waals surface area contributed by atoms with Crippen molar-refractivity contribution in [3.63, 3.8) is 0 Å². The van der Waals surface area contributed by atoms with E-state index < -0.39 is 6.36 Å². The standard InChI is InChI=1S/C16H13F3O4/c1-21-15-8-12(9-20)4-7-14(15)22-10-11-2-5-13(6-3-11)23-16(17,18)19/h2-9H,10H2,1H3. The molecular formula is C16H13F3O4. The SMILES string of the molecule is COc1cc(C=O)ccc1OCc1ccc(OC(F)(F)F)cc1. The molecule has 0 atom stereocenters. The molecule has 0 saturated heterocycles. The van der Waals surface area contributed by atoms with E-state index in [2.05, 4.69) is 4.74 Å². The predicted octanol–water partition coefficient (Wildman–Crippen LogP) is 3.99. The van der Waals surface area contributed by atoms with E-state index in [1.807, 2.05) is 0 Å². The van der Waals surface area contributed by atoms with E-state index in [0.717, 1.165) is 0 Å². The fraction of sp³-hybridized carbons (Fsp3) is 0.188. The normalized spacial score (nSPS) is 11.0. The molecule has 0 fully saturated rings. The Hall–Kier alpha value is -2.70. The van der Waals surface area contributed by atoms with Gasteiger partial charge in [-0.1, -0.05) is 12.1 Å². The van der Waals surface area contributed by atoms with Crippen molar-refractivity contribution in [2.24, 2.45) is 0 Å². The molecule has 0 saturated carbocycles. The summed E-state index contributed by atoms with van der Waals surface area (Å²) in [5.41, 5.74) is 1.10. The molecule has 2 rings (SSSR count). The first-order chi connectivity index (χ1) is 10.9. The van der Waals surface area contributed by atoms with Crippen molar-refractivity contribution >= 4 is 6.29 Å². The minimum atomic E-state index is -4.72. The highest BCUT2D eigenvalue weighted by Gasteiger charge is 2.30. The summed E-state index contributed by atoms with van der Waals surface area (Å²) in [6, 6.07) is 10.0. The number of benzene rings is 2. The molecule has 7 heteroatoms. The Labute approximate surface area is 130 Å². The van der Waals surface area contributed by atoms with Crippen molar-refractivity contribution in [2.75, 3.05) is 7.11 Å². The van der Waals surface area contributed by atoms with Gasteiger partial charge < -0.3 is 14.2 Å². The van der Waals surface area contributed by atoms with Crippen molar-refractivity contribution in [1.29, 1.82) is 0 Å². The zero-order valence-electron chi connectivity index (χ0n) is 12.1. The monoisotopic (exact) mass is 326 g/mol. The van der Waals surface area contributed by atoms with Gasteiger partial charge in [-0.25, -0.2) is 0 Å². The van der Waals surface area contributed by atoms with Gasteiger partial charge in [0.15, 0.2) is 11.5 Å². The number of halogens is 3. The zero-order chi connectivity index (χ0) is 16.9. The Kier molecular flexibility index (Phi) is 5.10. The third-order valence-electron chi connectivity index (χ3n) is 2.88. The van der Waals surface area contributed by atoms with Gasteiger partial charge in [0, 0.05) is 5.56 Å². The molecule has 0 unspecified atom stereocenters. The van der Waals surface area contributed by atoms with Gasteiger partial charge in [-0.15, -0.1) is 13.2 Å². The van der Waals surface area contributed by atoms with Crippen LogP contribution in [0.4, 0.5) is 13.2 Å². The molecule has 0 radical (unpaired) electrons. The maximum atomic E-state index is 12.1. The zero-order valence-corrected chi connectivity index (χ0v) is 12.1. The molecule has 0 aliphatic carbocycles. The summed E-state index contributed by atoms with van der Waals surface area (Å²) in [5.74, 6) is 0.523. The lowest BCUT2D eigenvalue weighted by Gasteiger charge is -2.12. The number of aldehydes is 1. The summed E-state index contributed by atoms with van der Waals surface area (Å²) in [5, 5.41) is 0. The molecule has 4 nitrogen and oxygen atoms in total. The summed E-state index contributed by atoms with van der Waals surface area (Å²) in [4.78, 5) is 10.7. The van der Waals surface area contributed by atoms with Gasteiger partial charge in [-0.05, 0) is 35.9 Å². The fourth-order valence-corrected chi connectivity index (χ4v) is 1.83. The fourth-order valence-electron chi connectivity index (χ4n) is 1.83. The van der Waals surface area contributed by atoms with Gasteiger partial charge in [0.05, 0.1) is 7.11 Å². The molecule has 0 bridgehead atoms. The van der Waals surface area contributed by atoms with Gasteiger partial charge in [-0.3, -0.25) is 4.79 Å². The highest BCUT2D eigenvalue weighted by Crippen LogP contribution is 2.29. The predicted molar refractivity (Wildman–Crippen MR) is 75.8 cm³/mol. The average Bonchev–Trinajstić information content (AvgIpc) is 2.52. The second kappa shape index (κ2) is 7.04. The van der Waals surface area contributed by atoms with Gasteiger partial charge in [0.2, 0.25) is 0 Å². The van der Waals surface area contributed by atoms with Crippen LogP contribution in [0.15, 0.2) is 42.5 Å². The third kappa shape index (κ3) is 4.91. The van der Waals surface area contributed by atoms with Crippen molar-refractivity contribution in [3.8, 4) is 17.2 Å².